The van der Waals surface area contributed by atoms with Crippen molar-refractivity contribution in [3.63, 3.8) is 0 Å². The molecule has 1 aliphatic heterocycles. The van der Waals surface area contributed by atoms with Crippen molar-refractivity contribution in [3.8, 4) is 0 Å². The Bertz CT molecular complexity index is 139. The van der Waals surface area contributed by atoms with Gasteiger partial charge in [0, 0.05) is 12.1 Å². The molecule has 0 saturated carbocycles. The van der Waals surface area contributed by atoms with E-state index in [9.17, 15) is 0 Å². The summed E-state index contributed by atoms with van der Waals surface area (Å²) in [6.07, 6.45) is 7.87. The number of nitrogens with one attached hydrogen (secondary N) is 1. The van der Waals surface area contributed by atoms with E-state index < -0.39 is 0 Å². The molecule has 0 spiro atoms. The molecule has 0 aromatic heterocycles. The standard InChI is InChI=1S/C12H25NO/c1-3-8-12(11-14-4-2)9-6-5-7-10-13-12/h13H,3-11H2,1-2H3. The second kappa shape index (κ2) is 6.41. The summed E-state index contributed by atoms with van der Waals surface area (Å²) in [5.41, 5.74) is 0.293. The third-order valence-electron chi connectivity index (χ3n) is 3.14. The fourth-order valence-corrected chi connectivity index (χ4v) is 2.39. The van der Waals surface area contributed by atoms with Gasteiger partial charge >= 0.3 is 0 Å². The van der Waals surface area contributed by atoms with Crippen molar-refractivity contribution in [3.05, 3.63) is 0 Å². The Hall–Kier alpha value is -0.0800. The van der Waals surface area contributed by atoms with Gasteiger partial charge in [-0.1, -0.05) is 26.2 Å². The highest BCUT2D eigenvalue weighted by Gasteiger charge is 2.29. The lowest BCUT2D eigenvalue weighted by atomic mass is 9.89. The van der Waals surface area contributed by atoms with Crippen molar-refractivity contribution in [1.29, 1.82) is 0 Å². The van der Waals surface area contributed by atoms with Crippen LogP contribution in [0.1, 0.15) is 52.4 Å². The molecule has 14 heavy (non-hydrogen) atoms. The van der Waals surface area contributed by atoms with E-state index >= 15 is 0 Å². The molecule has 1 heterocycles. The summed E-state index contributed by atoms with van der Waals surface area (Å²) in [7, 11) is 0. The molecule has 1 aliphatic rings. The molecule has 2 nitrogen and oxygen atoms in total. The topological polar surface area (TPSA) is 21.3 Å². The summed E-state index contributed by atoms with van der Waals surface area (Å²) < 4.78 is 5.62. The Morgan fingerprint density at radius 3 is 2.79 bits per heavy atom. The first-order valence-corrected chi connectivity index (χ1v) is 6.16. The second-order valence-electron chi connectivity index (χ2n) is 4.40. The maximum atomic E-state index is 5.62. The molecular weight excluding hydrogens is 174 g/mol. The van der Waals surface area contributed by atoms with Crippen LogP contribution in [0.3, 0.4) is 0 Å². The zero-order valence-corrected chi connectivity index (χ0v) is 9.77. The van der Waals surface area contributed by atoms with Crippen LogP contribution in [-0.4, -0.2) is 25.3 Å². The summed E-state index contributed by atoms with van der Waals surface area (Å²) in [6, 6.07) is 0. The summed E-state index contributed by atoms with van der Waals surface area (Å²) >= 11 is 0. The molecule has 2 heteroatoms. The second-order valence-corrected chi connectivity index (χ2v) is 4.40. The van der Waals surface area contributed by atoms with Gasteiger partial charge in [-0.3, -0.25) is 0 Å². The van der Waals surface area contributed by atoms with Crippen molar-refractivity contribution in [1.82, 2.24) is 5.32 Å². The third kappa shape index (κ3) is 3.58. The Morgan fingerprint density at radius 2 is 2.07 bits per heavy atom. The molecule has 1 N–H and O–H groups in total. The monoisotopic (exact) mass is 199 g/mol. The average molecular weight is 199 g/mol. The highest BCUT2D eigenvalue weighted by Crippen LogP contribution is 2.24. The number of hydrogen-bond acceptors (Lipinski definition) is 2. The first-order chi connectivity index (χ1) is 6.83. The number of ether oxygens (including phenoxy) is 1. The van der Waals surface area contributed by atoms with E-state index in [0.29, 0.717) is 5.54 Å². The minimum atomic E-state index is 0.293. The molecular formula is C12H25NO. The highest BCUT2D eigenvalue weighted by molar-refractivity contribution is 4.89. The average Bonchev–Trinajstić information content (AvgIpc) is 2.42. The first-order valence-electron chi connectivity index (χ1n) is 6.16. The van der Waals surface area contributed by atoms with Crippen LogP contribution in [0, 0.1) is 0 Å². The maximum Gasteiger partial charge on any atom is 0.0648 e. The van der Waals surface area contributed by atoms with Crippen LogP contribution < -0.4 is 5.32 Å². The van der Waals surface area contributed by atoms with Gasteiger partial charge in [-0.15, -0.1) is 0 Å². The SMILES string of the molecule is CCCC1(COCC)CCCCCN1. The predicted molar refractivity (Wildman–Crippen MR) is 60.6 cm³/mol. The van der Waals surface area contributed by atoms with Crippen LogP contribution in [0.2, 0.25) is 0 Å². The smallest absolute Gasteiger partial charge is 0.0648 e. The van der Waals surface area contributed by atoms with Gasteiger partial charge in [-0.25, -0.2) is 0 Å². The van der Waals surface area contributed by atoms with Crippen LogP contribution in [0.5, 0.6) is 0 Å². The fraction of sp³-hybridized carbons (Fsp3) is 1.00. The van der Waals surface area contributed by atoms with Gasteiger partial charge in [0.1, 0.15) is 0 Å². The van der Waals surface area contributed by atoms with Gasteiger partial charge in [0.05, 0.1) is 6.61 Å². The lowest BCUT2D eigenvalue weighted by Gasteiger charge is -2.33. The lowest BCUT2D eigenvalue weighted by Crippen LogP contribution is -2.48. The van der Waals surface area contributed by atoms with Gasteiger partial charge < -0.3 is 10.1 Å². The molecule has 1 saturated heterocycles. The van der Waals surface area contributed by atoms with Crippen molar-refractivity contribution >= 4 is 0 Å². The van der Waals surface area contributed by atoms with Gasteiger partial charge in [0.25, 0.3) is 0 Å². The minimum absolute atomic E-state index is 0.293. The molecule has 1 atom stereocenters. The first kappa shape index (κ1) is 12.0. The molecule has 0 bridgehead atoms. The molecule has 1 rings (SSSR count). The van der Waals surface area contributed by atoms with Gasteiger partial charge in [0.2, 0.25) is 0 Å². The van der Waals surface area contributed by atoms with Crippen molar-refractivity contribution in [2.75, 3.05) is 19.8 Å². The highest BCUT2D eigenvalue weighted by atomic mass is 16.5. The quantitative estimate of drug-likeness (QED) is 0.735. The zero-order chi connectivity index (χ0) is 10.3. The molecule has 1 unspecified atom stereocenters. The summed E-state index contributed by atoms with van der Waals surface area (Å²) in [4.78, 5) is 0. The van der Waals surface area contributed by atoms with E-state index in [-0.39, 0.29) is 0 Å². The van der Waals surface area contributed by atoms with E-state index in [0.717, 1.165) is 13.2 Å². The Balaban J connectivity index is 2.48. The number of hydrogen-bond donors (Lipinski definition) is 1. The van der Waals surface area contributed by atoms with Gasteiger partial charge in [-0.2, -0.15) is 0 Å². The summed E-state index contributed by atoms with van der Waals surface area (Å²) in [5, 5.41) is 3.71. The maximum absolute atomic E-state index is 5.62. The minimum Gasteiger partial charge on any atom is -0.380 e. The molecule has 1 fully saturated rings. The Morgan fingerprint density at radius 1 is 1.21 bits per heavy atom. The third-order valence-corrected chi connectivity index (χ3v) is 3.14. The van der Waals surface area contributed by atoms with E-state index in [1.807, 2.05) is 0 Å². The normalized spacial score (nSPS) is 28.7. The number of rotatable bonds is 5. The summed E-state index contributed by atoms with van der Waals surface area (Å²) in [6.45, 7) is 7.26. The van der Waals surface area contributed by atoms with E-state index in [2.05, 4.69) is 19.2 Å². The van der Waals surface area contributed by atoms with Crippen molar-refractivity contribution in [2.24, 2.45) is 0 Å². The van der Waals surface area contributed by atoms with Crippen LogP contribution in [-0.2, 0) is 4.74 Å². The molecule has 0 aromatic carbocycles. The van der Waals surface area contributed by atoms with E-state index in [1.54, 1.807) is 0 Å². The van der Waals surface area contributed by atoms with Gasteiger partial charge in [-0.05, 0) is 32.7 Å². The zero-order valence-electron chi connectivity index (χ0n) is 9.77. The molecule has 0 amide bonds. The summed E-state index contributed by atoms with van der Waals surface area (Å²) in [5.74, 6) is 0. The Kier molecular flexibility index (Phi) is 5.49. The Labute approximate surface area is 88.4 Å². The van der Waals surface area contributed by atoms with Crippen molar-refractivity contribution < 1.29 is 4.74 Å². The molecule has 0 aliphatic carbocycles. The van der Waals surface area contributed by atoms with Crippen molar-refractivity contribution in [2.45, 2.75) is 57.9 Å². The molecule has 0 aromatic rings. The largest absolute Gasteiger partial charge is 0.380 e. The van der Waals surface area contributed by atoms with Crippen LogP contribution in [0.25, 0.3) is 0 Å². The van der Waals surface area contributed by atoms with E-state index in [1.165, 1.54) is 45.1 Å². The molecule has 84 valence electrons. The predicted octanol–water partition coefficient (Wildman–Crippen LogP) is 2.73. The molecule has 0 radical (unpaired) electrons. The van der Waals surface area contributed by atoms with Gasteiger partial charge in [0.15, 0.2) is 0 Å². The van der Waals surface area contributed by atoms with E-state index in [4.69, 9.17) is 4.74 Å². The van der Waals surface area contributed by atoms with Crippen LogP contribution in [0.15, 0.2) is 0 Å². The van der Waals surface area contributed by atoms with Crippen LogP contribution in [0.4, 0.5) is 0 Å². The fourth-order valence-electron chi connectivity index (χ4n) is 2.39. The van der Waals surface area contributed by atoms with Crippen LogP contribution >= 0.6 is 0 Å². The lowest BCUT2D eigenvalue weighted by molar-refractivity contribution is 0.0685.